The van der Waals surface area contributed by atoms with Crippen LogP contribution in [0, 0.1) is 0 Å². The van der Waals surface area contributed by atoms with Crippen LogP contribution in [-0.4, -0.2) is 56.9 Å². The zero-order chi connectivity index (χ0) is 15.9. The molecule has 116 valence electrons. The minimum atomic E-state index is -0.413. The summed E-state index contributed by atoms with van der Waals surface area (Å²) in [4.78, 5) is 37.2. The Morgan fingerprint density at radius 1 is 1.18 bits per heavy atom. The average molecular weight is 317 g/mol. The molecule has 0 radical (unpaired) electrons. The number of amides is 1. The monoisotopic (exact) mass is 317 g/mol. The summed E-state index contributed by atoms with van der Waals surface area (Å²) in [6, 6.07) is 8.68. The molecular formula is C16H20AlNO4. The molecule has 0 aliphatic carbocycles. The van der Waals surface area contributed by atoms with Crippen molar-refractivity contribution in [2.24, 2.45) is 0 Å². The molecule has 5 nitrogen and oxygen atoms in total. The number of likely N-dealkylation sites (tertiary alicyclic amines) is 1. The summed E-state index contributed by atoms with van der Waals surface area (Å²) in [5.74, 6) is -0.627. The van der Waals surface area contributed by atoms with E-state index in [2.05, 4.69) is 0 Å². The molecule has 1 heterocycles. The molecule has 1 aromatic carbocycles. The molecule has 1 aliphatic heterocycles. The van der Waals surface area contributed by atoms with Crippen molar-refractivity contribution in [2.45, 2.75) is 31.7 Å². The molecule has 2 rings (SSSR count). The van der Waals surface area contributed by atoms with Gasteiger partial charge in [-0.25, -0.2) is 0 Å². The first kappa shape index (κ1) is 16.7. The highest BCUT2D eigenvalue weighted by molar-refractivity contribution is 6.57. The molecule has 0 bridgehead atoms. The van der Waals surface area contributed by atoms with Crippen molar-refractivity contribution in [3.63, 3.8) is 0 Å². The number of carbonyl (C=O) groups excluding carboxylic acids is 3. The van der Waals surface area contributed by atoms with E-state index in [0.29, 0.717) is 21.9 Å². The fourth-order valence-corrected chi connectivity index (χ4v) is 3.32. The Hall–Kier alpha value is -1.64. The molecule has 0 saturated carbocycles. The van der Waals surface area contributed by atoms with E-state index < -0.39 is 5.97 Å². The highest BCUT2D eigenvalue weighted by Gasteiger charge is 2.26. The maximum Gasteiger partial charge on any atom is 0.355 e. The number of piperidine rings is 1. The minimum absolute atomic E-state index is 0.0712. The van der Waals surface area contributed by atoms with Crippen molar-refractivity contribution in [1.82, 2.24) is 4.90 Å². The van der Waals surface area contributed by atoms with Gasteiger partial charge in [0.1, 0.15) is 4.77 Å². The third-order valence-electron chi connectivity index (χ3n) is 3.89. The number of hydrogen-bond donors (Lipinski definition) is 0. The number of ether oxygens (including phenoxy) is 1. The number of nitrogens with zero attached hydrogens (tertiary/aromatic N) is 1. The molecule has 0 N–H and O–H groups in total. The van der Waals surface area contributed by atoms with E-state index in [1.807, 2.05) is 6.07 Å². The van der Waals surface area contributed by atoms with E-state index >= 15 is 0 Å². The van der Waals surface area contributed by atoms with Crippen LogP contribution in [-0.2, 0) is 9.53 Å². The van der Waals surface area contributed by atoms with E-state index in [9.17, 15) is 14.4 Å². The van der Waals surface area contributed by atoms with Gasteiger partial charge in [-0.3, -0.25) is 14.4 Å². The van der Waals surface area contributed by atoms with E-state index in [4.69, 9.17) is 4.74 Å². The number of esters is 1. The summed E-state index contributed by atoms with van der Waals surface area (Å²) in [5.41, 5.74) is 0.532. The third kappa shape index (κ3) is 4.69. The second-order valence-electron chi connectivity index (χ2n) is 5.52. The summed E-state index contributed by atoms with van der Waals surface area (Å²) in [6.07, 6.45) is 3.02. The fraction of sp³-hybridized carbons (Fsp3) is 0.438. The number of carbonyl (C=O) groups is 3. The second kappa shape index (κ2) is 8.12. The summed E-state index contributed by atoms with van der Waals surface area (Å²) in [6.45, 7) is 0.480. The Kier molecular flexibility index (Phi) is 6.17. The highest BCUT2D eigenvalue weighted by atomic mass is 27.0. The standard InChI is InChI=1S/C16H18NO4.Al.2H/c18-12-17-9-5-4-8-14(17)10-16(20)21-11-15(19)13-6-2-1-3-7-13;;;/h1-3,6-7,14H,4-5,8-11H2;;;. The Morgan fingerprint density at radius 3 is 2.59 bits per heavy atom. The Bertz CT molecular complexity index is 546. The molecule has 22 heavy (non-hydrogen) atoms. The molecule has 1 amide bonds. The lowest BCUT2D eigenvalue weighted by Crippen LogP contribution is -2.44. The van der Waals surface area contributed by atoms with Gasteiger partial charge in [-0.2, -0.15) is 0 Å². The van der Waals surface area contributed by atoms with Gasteiger partial charge >= 0.3 is 22.3 Å². The zero-order valence-corrected chi connectivity index (χ0v) is 14.8. The second-order valence-corrected chi connectivity index (χ2v) is 6.37. The lowest BCUT2D eigenvalue weighted by molar-refractivity contribution is -0.143. The molecule has 1 aliphatic rings. The number of Topliss-reactive ketones (excluding diaryl/α,β-unsaturated/α-hetero) is 1. The molecule has 6 heteroatoms. The van der Waals surface area contributed by atoms with Crippen molar-refractivity contribution >= 4 is 32.8 Å². The van der Waals surface area contributed by atoms with Crippen molar-refractivity contribution in [3.8, 4) is 0 Å². The maximum atomic E-state index is 11.9. The molecule has 1 unspecified atom stereocenters. The Morgan fingerprint density at radius 2 is 1.91 bits per heavy atom. The van der Waals surface area contributed by atoms with Crippen LogP contribution in [0.15, 0.2) is 30.3 Å². The first-order chi connectivity index (χ1) is 10.6. The lowest BCUT2D eigenvalue weighted by atomic mass is 10.0. The van der Waals surface area contributed by atoms with Crippen molar-refractivity contribution in [1.29, 1.82) is 0 Å². The van der Waals surface area contributed by atoms with Gasteiger partial charge < -0.3 is 9.64 Å². The maximum absolute atomic E-state index is 11.9. The highest BCUT2D eigenvalue weighted by Crippen LogP contribution is 2.20. The van der Waals surface area contributed by atoms with E-state index in [1.165, 1.54) is 0 Å². The quantitative estimate of drug-likeness (QED) is 0.468. The van der Waals surface area contributed by atoms with Gasteiger partial charge in [0, 0.05) is 18.2 Å². The normalized spacial score (nSPS) is 17.8. The van der Waals surface area contributed by atoms with Crippen LogP contribution in [0.1, 0.15) is 36.0 Å². The molecule has 1 fully saturated rings. The van der Waals surface area contributed by atoms with Crippen LogP contribution >= 0.6 is 0 Å². The summed E-state index contributed by atoms with van der Waals surface area (Å²) < 4.78 is 5.20. The molecule has 1 saturated heterocycles. The first-order valence-corrected chi connectivity index (χ1v) is 8.59. The largest absolute Gasteiger partial charge is 0.457 e. The molecule has 0 spiro atoms. The molecule has 0 aromatic heterocycles. The number of ketones is 1. The van der Waals surface area contributed by atoms with Gasteiger partial charge in [0.05, 0.1) is 6.42 Å². The molecule has 1 aromatic rings. The topological polar surface area (TPSA) is 63.7 Å². The van der Waals surface area contributed by atoms with Crippen LogP contribution in [0.2, 0.25) is 0 Å². The van der Waals surface area contributed by atoms with E-state index in [0.717, 1.165) is 25.8 Å². The van der Waals surface area contributed by atoms with Gasteiger partial charge in [-0.05, 0) is 19.3 Å². The lowest BCUT2D eigenvalue weighted by Gasteiger charge is -2.35. The predicted molar refractivity (Wildman–Crippen MR) is 84.6 cm³/mol. The van der Waals surface area contributed by atoms with E-state index in [1.54, 1.807) is 29.2 Å². The Balaban J connectivity index is 1.82. The fourth-order valence-electron chi connectivity index (χ4n) is 2.73. The van der Waals surface area contributed by atoms with Crippen molar-refractivity contribution < 1.29 is 19.1 Å². The number of hydrogen-bond acceptors (Lipinski definition) is 4. The van der Waals surface area contributed by atoms with Gasteiger partial charge in [-0.15, -0.1) is 0 Å². The predicted octanol–water partition coefficient (Wildman–Crippen LogP) is 1.41. The molecular weight excluding hydrogens is 297 g/mol. The van der Waals surface area contributed by atoms with Gasteiger partial charge in [0.15, 0.2) is 12.4 Å². The van der Waals surface area contributed by atoms with Crippen molar-refractivity contribution in [2.75, 3.05) is 13.2 Å². The minimum Gasteiger partial charge on any atom is -0.457 e. The summed E-state index contributed by atoms with van der Waals surface area (Å²) in [7, 11) is 0. The summed E-state index contributed by atoms with van der Waals surface area (Å²) >= 11 is 0.462. The zero-order valence-electron chi connectivity index (χ0n) is 12.8. The van der Waals surface area contributed by atoms with Crippen LogP contribution in [0.25, 0.3) is 0 Å². The van der Waals surface area contributed by atoms with Crippen LogP contribution in [0.4, 0.5) is 4.79 Å². The van der Waals surface area contributed by atoms with E-state index in [-0.39, 0.29) is 29.6 Å². The number of benzene rings is 1. The van der Waals surface area contributed by atoms with Crippen molar-refractivity contribution in [3.05, 3.63) is 35.9 Å². The Labute approximate surface area is 138 Å². The van der Waals surface area contributed by atoms with Crippen LogP contribution < -0.4 is 0 Å². The van der Waals surface area contributed by atoms with Gasteiger partial charge in [0.25, 0.3) is 0 Å². The smallest absolute Gasteiger partial charge is 0.355 e. The average Bonchev–Trinajstić information content (AvgIpc) is 2.53. The summed E-state index contributed by atoms with van der Waals surface area (Å²) in [5, 5.41) is 0. The van der Waals surface area contributed by atoms with Gasteiger partial charge in [-0.1, -0.05) is 30.3 Å². The van der Waals surface area contributed by atoms with Crippen LogP contribution in [0.5, 0.6) is 0 Å². The first-order valence-electron chi connectivity index (χ1n) is 7.59. The van der Waals surface area contributed by atoms with Gasteiger partial charge in [0.2, 0.25) is 0 Å². The SMILES string of the molecule is O=C(CC1CCCCN1[C](=O)[AlH2])OCC(=O)c1ccccc1. The van der Waals surface area contributed by atoms with Crippen LogP contribution in [0.3, 0.4) is 0 Å². The number of rotatable bonds is 5. The third-order valence-corrected chi connectivity index (χ3v) is 4.47. The molecule has 1 atom stereocenters.